The van der Waals surface area contributed by atoms with Crippen molar-refractivity contribution in [1.82, 2.24) is 15.1 Å². The highest BCUT2D eigenvalue weighted by molar-refractivity contribution is 6.09. The average molecular weight is 288 g/mol. The molecule has 0 atom stereocenters. The number of amides is 3. The highest BCUT2D eigenvalue weighted by Crippen LogP contribution is 2.27. The summed E-state index contributed by atoms with van der Waals surface area (Å²) in [6.45, 7) is 0.0333. The first-order valence-electron chi connectivity index (χ1n) is 6.34. The van der Waals surface area contributed by atoms with E-state index < -0.39 is 12.0 Å². The van der Waals surface area contributed by atoms with Gasteiger partial charge in [0.1, 0.15) is 6.54 Å². The van der Waals surface area contributed by atoms with E-state index in [4.69, 9.17) is 5.11 Å². The van der Waals surface area contributed by atoms with Crippen LogP contribution in [0.4, 0.5) is 10.5 Å². The minimum absolute atomic E-state index is 0.228. The summed E-state index contributed by atoms with van der Waals surface area (Å²) >= 11 is 0. The van der Waals surface area contributed by atoms with Gasteiger partial charge in [0.25, 0.3) is 0 Å². The van der Waals surface area contributed by atoms with Crippen LogP contribution in [0.2, 0.25) is 0 Å². The number of urea groups is 1. The van der Waals surface area contributed by atoms with Crippen molar-refractivity contribution in [2.75, 3.05) is 11.4 Å². The monoisotopic (exact) mass is 288 g/mol. The van der Waals surface area contributed by atoms with Crippen molar-refractivity contribution in [3.63, 3.8) is 0 Å². The zero-order chi connectivity index (χ0) is 15.0. The molecule has 108 valence electrons. The summed E-state index contributed by atoms with van der Waals surface area (Å²) in [5.74, 6) is -1.29. The van der Waals surface area contributed by atoms with Crippen molar-refractivity contribution in [2.24, 2.45) is 0 Å². The minimum Gasteiger partial charge on any atom is -0.480 e. The summed E-state index contributed by atoms with van der Waals surface area (Å²) in [5.41, 5.74) is 1.23. The molecule has 0 spiro atoms. The molecule has 1 aromatic heterocycles. The SMILES string of the molecule is O=C(O)Cn1ncc2c(N3CCC(=O)NC3=O)cccc21. The molecule has 0 aliphatic carbocycles. The van der Waals surface area contributed by atoms with Gasteiger partial charge >= 0.3 is 12.0 Å². The Morgan fingerprint density at radius 2 is 2.19 bits per heavy atom. The van der Waals surface area contributed by atoms with Crippen LogP contribution in [0.1, 0.15) is 6.42 Å². The van der Waals surface area contributed by atoms with E-state index in [0.29, 0.717) is 16.6 Å². The van der Waals surface area contributed by atoms with Gasteiger partial charge in [0.05, 0.1) is 17.4 Å². The fourth-order valence-corrected chi connectivity index (χ4v) is 2.37. The van der Waals surface area contributed by atoms with Crippen molar-refractivity contribution >= 4 is 34.5 Å². The molecule has 2 N–H and O–H groups in total. The van der Waals surface area contributed by atoms with Crippen LogP contribution in [-0.2, 0) is 16.1 Å². The van der Waals surface area contributed by atoms with Gasteiger partial charge in [0.15, 0.2) is 0 Å². The van der Waals surface area contributed by atoms with Gasteiger partial charge in [0.2, 0.25) is 5.91 Å². The molecule has 0 radical (unpaired) electrons. The molecule has 8 heteroatoms. The maximum Gasteiger partial charge on any atom is 0.328 e. The summed E-state index contributed by atoms with van der Waals surface area (Å²) in [7, 11) is 0. The van der Waals surface area contributed by atoms with Gasteiger partial charge in [0, 0.05) is 18.4 Å². The van der Waals surface area contributed by atoms with Crippen molar-refractivity contribution in [2.45, 2.75) is 13.0 Å². The number of hydrogen-bond acceptors (Lipinski definition) is 4. The number of nitrogens with one attached hydrogen (secondary N) is 1. The Kier molecular flexibility index (Phi) is 3.05. The van der Waals surface area contributed by atoms with E-state index in [0.717, 1.165) is 0 Å². The van der Waals surface area contributed by atoms with E-state index >= 15 is 0 Å². The first-order valence-corrected chi connectivity index (χ1v) is 6.34. The number of benzene rings is 1. The molecule has 3 rings (SSSR count). The summed E-state index contributed by atoms with van der Waals surface area (Å²) in [6.07, 6.45) is 1.75. The van der Waals surface area contributed by atoms with Crippen molar-refractivity contribution in [3.05, 3.63) is 24.4 Å². The maximum absolute atomic E-state index is 11.9. The number of aromatic nitrogens is 2. The highest BCUT2D eigenvalue weighted by atomic mass is 16.4. The molecule has 1 aliphatic rings. The minimum atomic E-state index is -0.994. The summed E-state index contributed by atoms with van der Waals surface area (Å²) in [4.78, 5) is 35.4. The Morgan fingerprint density at radius 1 is 1.38 bits per heavy atom. The second kappa shape index (κ2) is 4.89. The molecule has 2 aromatic rings. The van der Waals surface area contributed by atoms with Crippen molar-refractivity contribution < 1.29 is 19.5 Å². The normalized spacial score (nSPS) is 15.3. The first-order chi connectivity index (χ1) is 10.1. The number of hydrogen-bond donors (Lipinski definition) is 2. The van der Waals surface area contributed by atoms with Gasteiger partial charge in [-0.15, -0.1) is 0 Å². The van der Waals surface area contributed by atoms with Gasteiger partial charge in [-0.25, -0.2) is 4.79 Å². The Bertz CT molecular complexity index is 752. The first kappa shape index (κ1) is 13.1. The molecule has 1 saturated heterocycles. The molecule has 0 unspecified atom stereocenters. The van der Waals surface area contributed by atoms with Crippen LogP contribution in [0.5, 0.6) is 0 Å². The average Bonchev–Trinajstić information content (AvgIpc) is 2.82. The maximum atomic E-state index is 11.9. The van der Waals surface area contributed by atoms with E-state index in [1.807, 2.05) is 0 Å². The molecule has 0 bridgehead atoms. The number of carbonyl (C=O) groups is 3. The Labute approximate surface area is 118 Å². The fraction of sp³-hybridized carbons (Fsp3) is 0.231. The second-order valence-corrected chi connectivity index (χ2v) is 4.66. The number of anilines is 1. The molecular weight excluding hydrogens is 276 g/mol. The third-order valence-corrected chi connectivity index (χ3v) is 3.29. The van der Waals surface area contributed by atoms with Crippen molar-refractivity contribution in [3.8, 4) is 0 Å². The lowest BCUT2D eigenvalue weighted by Gasteiger charge is -2.27. The smallest absolute Gasteiger partial charge is 0.328 e. The topological polar surface area (TPSA) is 105 Å². The van der Waals surface area contributed by atoms with E-state index in [9.17, 15) is 14.4 Å². The highest BCUT2D eigenvalue weighted by Gasteiger charge is 2.26. The summed E-state index contributed by atoms with van der Waals surface area (Å²) < 4.78 is 1.36. The Balaban J connectivity index is 2.03. The lowest BCUT2D eigenvalue weighted by molar-refractivity contribution is -0.137. The molecule has 8 nitrogen and oxygen atoms in total. The van der Waals surface area contributed by atoms with Gasteiger partial charge in [-0.2, -0.15) is 5.10 Å². The van der Waals surface area contributed by atoms with E-state index in [2.05, 4.69) is 10.4 Å². The van der Waals surface area contributed by atoms with Crippen LogP contribution >= 0.6 is 0 Å². The molecule has 1 aromatic carbocycles. The van der Waals surface area contributed by atoms with Crippen LogP contribution in [0.3, 0.4) is 0 Å². The molecule has 3 amide bonds. The number of fused-ring (bicyclic) bond motifs is 1. The molecule has 21 heavy (non-hydrogen) atoms. The van der Waals surface area contributed by atoms with Crippen molar-refractivity contribution in [1.29, 1.82) is 0 Å². The zero-order valence-corrected chi connectivity index (χ0v) is 10.9. The number of rotatable bonds is 3. The number of imide groups is 1. The number of carbonyl (C=O) groups excluding carboxylic acids is 2. The van der Waals surface area contributed by atoms with Crippen LogP contribution < -0.4 is 10.2 Å². The van der Waals surface area contributed by atoms with Crippen LogP contribution in [0.25, 0.3) is 10.9 Å². The lowest BCUT2D eigenvalue weighted by Crippen LogP contribution is -2.49. The van der Waals surface area contributed by atoms with Crippen LogP contribution in [0, 0.1) is 0 Å². The second-order valence-electron chi connectivity index (χ2n) is 4.66. The van der Waals surface area contributed by atoms with Gasteiger partial charge in [-0.05, 0) is 12.1 Å². The predicted molar refractivity (Wildman–Crippen MR) is 72.9 cm³/mol. The van der Waals surface area contributed by atoms with Gasteiger partial charge in [-0.1, -0.05) is 6.07 Å². The van der Waals surface area contributed by atoms with E-state index in [1.165, 1.54) is 15.8 Å². The van der Waals surface area contributed by atoms with Crippen LogP contribution in [0.15, 0.2) is 24.4 Å². The van der Waals surface area contributed by atoms with E-state index in [1.54, 1.807) is 18.2 Å². The summed E-state index contributed by atoms with van der Waals surface area (Å²) in [5, 5.41) is 15.8. The zero-order valence-electron chi connectivity index (χ0n) is 10.9. The fourth-order valence-electron chi connectivity index (χ4n) is 2.37. The number of carboxylic acid groups (broad SMARTS) is 1. The Hall–Kier alpha value is -2.90. The third kappa shape index (κ3) is 2.31. The quantitative estimate of drug-likeness (QED) is 0.859. The number of aliphatic carboxylic acids is 1. The Morgan fingerprint density at radius 3 is 2.90 bits per heavy atom. The van der Waals surface area contributed by atoms with Gasteiger partial charge < -0.3 is 5.11 Å². The summed E-state index contributed by atoms with van der Waals surface area (Å²) in [6, 6.07) is 4.72. The molecular formula is C13H12N4O4. The lowest BCUT2D eigenvalue weighted by atomic mass is 10.2. The van der Waals surface area contributed by atoms with E-state index in [-0.39, 0.29) is 25.4 Å². The molecule has 0 saturated carbocycles. The largest absolute Gasteiger partial charge is 0.480 e. The predicted octanol–water partition coefficient (Wildman–Crippen LogP) is 0.567. The van der Waals surface area contributed by atoms with Crippen LogP contribution in [-0.4, -0.2) is 39.3 Å². The molecule has 2 heterocycles. The molecule has 1 aliphatic heterocycles. The standard InChI is InChI=1S/C13H12N4O4/c18-11-4-5-16(13(21)15-11)9-2-1-3-10-8(9)6-14-17(10)7-12(19)20/h1-3,6H,4-5,7H2,(H,19,20)(H,15,18,21). The van der Waals surface area contributed by atoms with Gasteiger partial charge in [-0.3, -0.25) is 24.5 Å². The number of carboxylic acids is 1. The molecule has 1 fully saturated rings. The third-order valence-electron chi connectivity index (χ3n) is 3.29. The number of nitrogens with zero attached hydrogens (tertiary/aromatic N) is 3.